The van der Waals surface area contributed by atoms with Crippen molar-refractivity contribution in [2.24, 2.45) is 44.8 Å². The maximum Gasteiger partial charge on any atom is 0.314 e. The van der Waals surface area contributed by atoms with Crippen molar-refractivity contribution >= 4 is 23.8 Å². The molecular weight excluding hydrogens is 544 g/mol. The van der Waals surface area contributed by atoms with Gasteiger partial charge in [-0.2, -0.15) is 0 Å². The monoisotopic (exact) mass is 598 g/mol. The maximum absolute atomic E-state index is 14.6. The molecule has 43 heavy (non-hydrogen) atoms. The van der Waals surface area contributed by atoms with E-state index in [0.29, 0.717) is 6.42 Å². The number of allylic oxidation sites excluding steroid dienone is 2. The van der Waals surface area contributed by atoms with E-state index >= 15 is 0 Å². The SMILES string of the molecule is CNC(=O)N[C@@]1(C)CC[C@]2(C)CC[C@]3(C)C(=CC(=O)[C@@H]4[C@@]5(C)CC[C@H](OC(=O)CCC(=O)O)C(C)(C)[C@@H]5CC[C@]43C)[C@@H]2C1. The van der Waals surface area contributed by atoms with Crippen LogP contribution in [0.25, 0.3) is 0 Å². The molecule has 0 saturated heterocycles. The molecule has 8 nitrogen and oxygen atoms in total. The Balaban J connectivity index is 1.47. The van der Waals surface area contributed by atoms with Crippen LogP contribution >= 0.6 is 0 Å². The fraction of sp³-hybridized carbons (Fsp3) is 0.829. The second kappa shape index (κ2) is 10.3. The zero-order valence-electron chi connectivity index (χ0n) is 27.7. The molecule has 0 radical (unpaired) electrons. The molecule has 0 aromatic heterocycles. The van der Waals surface area contributed by atoms with Gasteiger partial charge in [-0.3, -0.25) is 14.4 Å². The molecular formula is C35H54N2O6. The first-order valence-corrected chi connectivity index (χ1v) is 16.5. The third-order valence-electron chi connectivity index (χ3n) is 14.0. The van der Waals surface area contributed by atoms with Gasteiger partial charge in [-0.1, -0.05) is 47.1 Å². The molecule has 9 atom stereocenters. The number of carbonyl (C=O) groups excluding carboxylic acids is 3. The van der Waals surface area contributed by atoms with Crippen molar-refractivity contribution in [2.45, 2.75) is 131 Å². The average Bonchev–Trinajstić information content (AvgIpc) is 2.91. The van der Waals surface area contributed by atoms with E-state index in [1.54, 1.807) is 7.05 Å². The van der Waals surface area contributed by atoms with Crippen LogP contribution in [0.4, 0.5) is 4.79 Å². The summed E-state index contributed by atoms with van der Waals surface area (Å²) >= 11 is 0. The van der Waals surface area contributed by atoms with Crippen LogP contribution in [0.2, 0.25) is 0 Å². The van der Waals surface area contributed by atoms with E-state index in [1.807, 2.05) is 0 Å². The van der Waals surface area contributed by atoms with E-state index in [1.165, 1.54) is 5.57 Å². The minimum atomic E-state index is -1.00. The normalized spacial score (nSPS) is 44.8. The van der Waals surface area contributed by atoms with Crippen LogP contribution in [-0.2, 0) is 19.1 Å². The summed E-state index contributed by atoms with van der Waals surface area (Å²) in [7, 11) is 1.65. The van der Waals surface area contributed by atoms with Crippen molar-refractivity contribution in [3.05, 3.63) is 11.6 Å². The lowest BCUT2D eigenvalue weighted by molar-refractivity contribution is -0.210. The fourth-order valence-electron chi connectivity index (χ4n) is 11.2. The molecule has 5 aliphatic rings. The lowest BCUT2D eigenvalue weighted by atomic mass is 9.33. The van der Waals surface area contributed by atoms with Crippen LogP contribution in [-0.4, -0.2) is 47.6 Å². The van der Waals surface area contributed by atoms with Crippen LogP contribution in [0.15, 0.2) is 11.6 Å². The average molecular weight is 599 g/mol. The summed E-state index contributed by atoms with van der Waals surface area (Å²) in [6, 6.07) is -0.151. The number of esters is 1. The van der Waals surface area contributed by atoms with Crippen LogP contribution < -0.4 is 10.6 Å². The fourth-order valence-corrected chi connectivity index (χ4v) is 11.2. The zero-order chi connectivity index (χ0) is 31.8. The minimum absolute atomic E-state index is 0.112. The summed E-state index contributed by atoms with van der Waals surface area (Å²) in [5.41, 5.74) is 0.244. The number of ether oxygens (including phenoxy) is 1. The Morgan fingerprint density at radius 3 is 2.26 bits per heavy atom. The number of rotatable bonds is 5. The van der Waals surface area contributed by atoms with Crippen molar-refractivity contribution in [3.8, 4) is 0 Å². The summed E-state index contributed by atoms with van der Waals surface area (Å²) in [5, 5.41) is 15.0. The number of aliphatic carboxylic acids is 1. The van der Waals surface area contributed by atoms with E-state index in [-0.39, 0.29) is 81.1 Å². The highest BCUT2D eigenvalue weighted by Crippen LogP contribution is 2.74. The number of urea groups is 1. The molecule has 0 aliphatic heterocycles. The van der Waals surface area contributed by atoms with Gasteiger partial charge in [0.2, 0.25) is 0 Å². The Labute approximate surface area is 257 Å². The Kier molecular flexibility index (Phi) is 7.70. The van der Waals surface area contributed by atoms with E-state index in [2.05, 4.69) is 65.2 Å². The third kappa shape index (κ3) is 4.84. The van der Waals surface area contributed by atoms with Crippen molar-refractivity contribution in [3.63, 3.8) is 0 Å². The number of carbonyl (C=O) groups is 4. The van der Waals surface area contributed by atoms with Gasteiger partial charge in [-0.05, 0) is 104 Å². The Morgan fingerprint density at radius 1 is 0.930 bits per heavy atom. The molecule has 4 fully saturated rings. The van der Waals surface area contributed by atoms with Gasteiger partial charge >= 0.3 is 18.0 Å². The van der Waals surface area contributed by atoms with Gasteiger partial charge in [-0.25, -0.2) is 4.79 Å². The first kappa shape index (κ1) is 32.0. The van der Waals surface area contributed by atoms with Gasteiger partial charge in [0.05, 0.1) is 12.8 Å². The molecule has 2 amide bonds. The predicted octanol–water partition coefficient (Wildman–Crippen LogP) is 6.43. The standard InChI is InChI=1S/C35H54N2O6/c1-30(2)24-11-14-35(7)28(33(24,5)13-12-25(30)43-27(41)10-9-26(39)40)23(38)19-21-22-20-32(4,37-29(42)36-8)17-15-31(22,3)16-18-34(21,35)6/h19,22,24-25,28H,9-18,20H2,1-8H3,(H,39,40)(H2,36,37,42)/t22-,24-,25-,28+,31+,32-,33-,34+,35+/m0/s1. The van der Waals surface area contributed by atoms with Gasteiger partial charge in [-0.15, -0.1) is 0 Å². The summed E-state index contributed by atoms with van der Waals surface area (Å²) in [6.45, 7) is 16.1. The molecule has 4 saturated carbocycles. The van der Waals surface area contributed by atoms with E-state index in [4.69, 9.17) is 9.84 Å². The highest BCUT2D eigenvalue weighted by molar-refractivity contribution is 5.95. The van der Waals surface area contributed by atoms with E-state index < -0.39 is 11.9 Å². The quantitative estimate of drug-likeness (QED) is 0.314. The zero-order valence-corrected chi connectivity index (χ0v) is 27.7. The van der Waals surface area contributed by atoms with Crippen molar-refractivity contribution in [1.29, 1.82) is 0 Å². The van der Waals surface area contributed by atoms with Crippen molar-refractivity contribution < 1.29 is 29.0 Å². The molecule has 0 spiro atoms. The summed E-state index contributed by atoms with van der Waals surface area (Å²) in [6.07, 6.45) is 9.80. The Morgan fingerprint density at radius 2 is 1.60 bits per heavy atom. The molecule has 5 rings (SSSR count). The molecule has 0 unspecified atom stereocenters. The molecule has 240 valence electrons. The Hall–Kier alpha value is -2.38. The predicted molar refractivity (Wildman–Crippen MR) is 164 cm³/mol. The van der Waals surface area contributed by atoms with Gasteiger partial charge in [0.15, 0.2) is 5.78 Å². The molecule has 0 heterocycles. The third-order valence-corrected chi connectivity index (χ3v) is 14.0. The number of hydrogen-bond acceptors (Lipinski definition) is 5. The second-order valence-corrected chi connectivity index (χ2v) is 16.7. The molecule has 0 bridgehead atoms. The van der Waals surface area contributed by atoms with Crippen molar-refractivity contribution in [2.75, 3.05) is 7.05 Å². The highest BCUT2D eigenvalue weighted by atomic mass is 16.5. The van der Waals surface area contributed by atoms with Crippen LogP contribution in [0.1, 0.15) is 119 Å². The van der Waals surface area contributed by atoms with E-state index in [9.17, 15) is 19.2 Å². The maximum atomic E-state index is 14.6. The van der Waals surface area contributed by atoms with Crippen LogP contribution in [0.3, 0.4) is 0 Å². The highest BCUT2D eigenvalue weighted by Gasteiger charge is 2.70. The Bertz CT molecular complexity index is 1240. The van der Waals surface area contributed by atoms with Gasteiger partial charge in [0.1, 0.15) is 6.10 Å². The number of carboxylic acids is 1. The first-order chi connectivity index (χ1) is 19.9. The number of ketones is 1. The van der Waals surface area contributed by atoms with Gasteiger partial charge in [0.25, 0.3) is 0 Å². The number of nitrogens with one attached hydrogen (secondary N) is 2. The van der Waals surface area contributed by atoms with Gasteiger partial charge < -0.3 is 20.5 Å². The lowest BCUT2D eigenvalue weighted by Crippen LogP contribution is -2.67. The van der Waals surface area contributed by atoms with Crippen LogP contribution in [0.5, 0.6) is 0 Å². The summed E-state index contributed by atoms with van der Waals surface area (Å²) in [4.78, 5) is 50.5. The van der Waals surface area contributed by atoms with Crippen LogP contribution in [0, 0.1) is 44.8 Å². The minimum Gasteiger partial charge on any atom is -0.481 e. The molecule has 0 aromatic rings. The topological polar surface area (TPSA) is 122 Å². The lowest BCUT2D eigenvalue weighted by Gasteiger charge is -2.70. The number of fused-ring (bicyclic) bond motifs is 7. The molecule has 5 aliphatic carbocycles. The summed E-state index contributed by atoms with van der Waals surface area (Å²) < 4.78 is 5.94. The van der Waals surface area contributed by atoms with Gasteiger partial charge in [0, 0.05) is 23.9 Å². The largest absolute Gasteiger partial charge is 0.481 e. The molecule has 8 heteroatoms. The number of hydrogen-bond donors (Lipinski definition) is 3. The summed E-state index contributed by atoms with van der Waals surface area (Å²) in [5.74, 6) is -0.861. The smallest absolute Gasteiger partial charge is 0.314 e. The van der Waals surface area contributed by atoms with Crippen molar-refractivity contribution in [1.82, 2.24) is 10.6 Å². The molecule has 3 N–H and O–H groups in total. The van der Waals surface area contributed by atoms with E-state index in [0.717, 1.165) is 51.4 Å². The molecule has 0 aromatic carbocycles. The number of carboxylic acid groups (broad SMARTS) is 1. The number of amides is 2. The second-order valence-electron chi connectivity index (χ2n) is 16.7. The first-order valence-electron chi connectivity index (χ1n) is 16.5.